The Hall–Kier alpha value is -1.59. The molecule has 0 unspecified atom stereocenters. The van der Waals surface area contributed by atoms with Crippen LogP contribution in [0.5, 0.6) is 5.75 Å². The molecule has 0 bridgehead atoms. The molecule has 1 aromatic carbocycles. The van der Waals surface area contributed by atoms with Crippen LogP contribution in [0.25, 0.3) is 0 Å². The number of anilines is 1. The second kappa shape index (κ2) is 10.3. The fraction of sp³-hybridized carbons (Fsp3) is 0.632. The van der Waals surface area contributed by atoms with Crippen molar-refractivity contribution in [3.05, 3.63) is 24.3 Å². The van der Waals surface area contributed by atoms with Gasteiger partial charge in [0.2, 0.25) is 0 Å². The van der Waals surface area contributed by atoms with Gasteiger partial charge in [0.05, 0.1) is 0 Å². The number of amides is 1. The van der Waals surface area contributed by atoms with Crippen molar-refractivity contribution in [2.24, 2.45) is 0 Å². The zero-order chi connectivity index (χ0) is 18.0. The average molecular weight is 336 g/mol. The first kappa shape index (κ1) is 20.5. The molecule has 0 saturated carbocycles. The van der Waals surface area contributed by atoms with E-state index < -0.39 is 5.60 Å². The lowest BCUT2D eigenvalue weighted by Crippen LogP contribution is -2.40. The van der Waals surface area contributed by atoms with Crippen LogP contribution < -0.4 is 10.1 Å². The predicted octanol–water partition coefficient (Wildman–Crippen LogP) is 3.55. The molecule has 1 rings (SSSR count). The lowest BCUT2D eigenvalue weighted by Gasteiger charge is -2.24. The van der Waals surface area contributed by atoms with Crippen molar-refractivity contribution >= 4 is 11.6 Å². The summed E-state index contributed by atoms with van der Waals surface area (Å²) in [4.78, 5) is 14.6. The van der Waals surface area contributed by atoms with E-state index in [0.29, 0.717) is 13.2 Å². The molecule has 0 radical (unpaired) electrons. The van der Waals surface area contributed by atoms with Gasteiger partial charge in [-0.1, -0.05) is 20.8 Å². The van der Waals surface area contributed by atoms with Gasteiger partial charge in [0.25, 0.3) is 5.91 Å². The highest BCUT2D eigenvalue weighted by Crippen LogP contribution is 2.18. The molecular weight excluding hydrogens is 304 g/mol. The summed E-state index contributed by atoms with van der Waals surface area (Å²) in [6.45, 7) is 14.1. The minimum absolute atomic E-state index is 0.147. The molecule has 0 atom stereocenters. The van der Waals surface area contributed by atoms with Gasteiger partial charge in [0, 0.05) is 18.8 Å². The predicted molar refractivity (Wildman–Crippen MR) is 98.7 cm³/mol. The first-order valence-electron chi connectivity index (χ1n) is 8.83. The minimum atomic E-state index is -0.838. The highest BCUT2D eigenvalue weighted by Gasteiger charge is 2.28. The normalized spacial score (nSPS) is 11.6. The number of likely N-dealkylation sites (N-methyl/N-ethyl adjacent to an activating group) is 1. The topological polar surface area (TPSA) is 50.8 Å². The maximum atomic E-state index is 12.3. The minimum Gasteiger partial charge on any atom is -0.492 e. The molecule has 0 aliphatic rings. The molecule has 24 heavy (non-hydrogen) atoms. The van der Waals surface area contributed by atoms with Crippen molar-refractivity contribution in [1.29, 1.82) is 0 Å². The van der Waals surface area contributed by atoms with Gasteiger partial charge >= 0.3 is 0 Å². The quantitative estimate of drug-likeness (QED) is 0.671. The molecule has 1 aromatic rings. The van der Waals surface area contributed by atoms with Gasteiger partial charge in [0.1, 0.15) is 18.0 Å². The molecular formula is C19H32N2O3. The van der Waals surface area contributed by atoms with E-state index in [1.807, 2.05) is 31.2 Å². The van der Waals surface area contributed by atoms with Gasteiger partial charge < -0.3 is 19.7 Å². The van der Waals surface area contributed by atoms with Gasteiger partial charge in [-0.2, -0.15) is 0 Å². The SMILES string of the molecule is CCCOC(C)(C)C(=O)Nc1ccc(OCCN(CC)CC)cc1. The Labute approximate surface area is 146 Å². The number of nitrogens with one attached hydrogen (secondary N) is 1. The molecule has 0 aliphatic heterocycles. The maximum absolute atomic E-state index is 12.3. The number of carbonyl (C=O) groups excluding carboxylic acids is 1. The molecule has 0 saturated heterocycles. The molecule has 5 nitrogen and oxygen atoms in total. The summed E-state index contributed by atoms with van der Waals surface area (Å²) in [5.41, 5.74) is -0.0983. The average Bonchev–Trinajstić information content (AvgIpc) is 2.58. The van der Waals surface area contributed by atoms with Crippen LogP contribution in [-0.2, 0) is 9.53 Å². The van der Waals surface area contributed by atoms with Gasteiger partial charge in [-0.3, -0.25) is 4.79 Å². The molecule has 5 heteroatoms. The second-order valence-corrected chi connectivity index (χ2v) is 6.21. The van der Waals surface area contributed by atoms with Crippen LogP contribution in [0.3, 0.4) is 0 Å². The Morgan fingerprint density at radius 2 is 1.71 bits per heavy atom. The number of ether oxygens (including phenoxy) is 2. The third-order valence-electron chi connectivity index (χ3n) is 3.90. The van der Waals surface area contributed by atoms with Crippen LogP contribution in [0, 0.1) is 0 Å². The summed E-state index contributed by atoms with van der Waals surface area (Å²) >= 11 is 0. The van der Waals surface area contributed by atoms with E-state index in [1.165, 1.54) is 0 Å². The number of rotatable bonds is 11. The largest absolute Gasteiger partial charge is 0.492 e. The van der Waals surface area contributed by atoms with Gasteiger partial charge in [-0.15, -0.1) is 0 Å². The fourth-order valence-corrected chi connectivity index (χ4v) is 2.17. The Balaban J connectivity index is 2.48. The Morgan fingerprint density at radius 1 is 1.08 bits per heavy atom. The van der Waals surface area contributed by atoms with Crippen LogP contribution >= 0.6 is 0 Å². The first-order chi connectivity index (χ1) is 11.4. The Morgan fingerprint density at radius 3 is 2.25 bits per heavy atom. The first-order valence-corrected chi connectivity index (χ1v) is 8.83. The van der Waals surface area contributed by atoms with Gasteiger partial charge in [0.15, 0.2) is 0 Å². The smallest absolute Gasteiger partial charge is 0.256 e. The molecule has 1 amide bonds. The fourth-order valence-electron chi connectivity index (χ4n) is 2.17. The van der Waals surface area contributed by atoms with Crippen molar-refractivity contribution in [3.63, 3.8) is 0 Å². The Bertz CT molecular complexity index is 482. The van der Waals surface area contributed by atoms with Crippen molar-refractivity contribution in [2.75, 3.05) is 38.2 Å². The number of carbonyl (C=O) groups is 1. The third kappa shape index (κ3) is 6.89. The van der Waals surface area contributed by atoms with Crippen LogP contribution in [0.4, 0.5) is 5.69 Å². The number of hydrogen-bond donors (Lipinski definition) is 1. The van der Waals surface area contributed by atoms with Crippen LogP contribution in [0.2, 0.25) is 0 Å². The standard InChI is InChI=1S/C19H32N2O3/c1-6-14-24-19(4,5)18(22)20-16-9-11-17(12-10-16)23-15-13-21(7-2)8-3/h9-12H,6-8,13-15H2,1-5H3,(H,20,22). The van der Waals surface area contributed by atoms with E-state index in [4.69, 9.17) is 9.47 Å². The molecule has 1 N–H and O–H groups in total. The highest BCUT2D eigenvalue weighted by atomic mass is 16.5. The van der Waals surface area contributed by atoms with Crippen molar-refractivity contribution in [1.82, 2.24) is 4.90 Å². The highest BCUT2D eigenvalue weighted by molar-refractivity contribution is 5.96. The molecule has 0 spiro atoms. The summed E-state index contributed by atoms with van der Waals surface area (Å²) in [5, 5.41) is 2.88. The lowest BCUT2D eigenvalue weighted by atomic mass is 10.1. The monoisotopic (exact) mass is 336 g/mol. The van der Waals surface area contributed by atoms with Crippen LogP contribution in [0.1, 0.15) is 41.0 Å². The van der Waals surface area contributed by atoms with E-state index in [9.17, 15) is 4.79 Å². The molecule has 0 aliphatic carbocycles. The molecule has 0 heterocycles. The summed E-state index contributed by atoms with van der Waals surface area (Å²) < 4.78 is 11.3. The zero-order valence-electron chi connectivity index (χ0n) is 15.7. The molecule has 0 aromatic heterocycles. The zero-order valence-corrected chi connectivity index (χ0v) is 15.7. The third-order valence-corrected chi connectivity index (χ3v) is 3.90. The molecule has 136 valence electrons. The number of nitrogens with zero attached hydrogens (tertiary/aromatic N) is 1. The second-order valence-electron chi connectivity index (χ2n) is 6.21. The van der Waals surface area contributed by atoms with Crippen molar-refractivity contribution < 1.29 is 14.3 Å². The number of benzene rings is 1. The van der Waals surface area contributed by atoms with E-state index in [0.717, 1.165) is 37.5 Å². The van der Waals surface area contributed by atoms with Crippen LogP contribution in [0.15, 0.2) is 24.3 Å². The van der Waals surface area contributed by atoms with E-state index in [2.05, 4.69) is 24.1 Å². The summed E-state index contributed by atoms with van der Waals surface area (Å²) in [5.74, 6) is 0.660. The van der Waals surface area contributed by atoms with Gasteiger partial charge in [-0.05, 0) is 57.6 Å². The van der Waals surface area contributed by atoms with Crippen LogP contribution in [-0.4, -0.2) is 49.3 Å². The van der Waals surface area contributed by atoms with Crippen molar-refractivity contribution in [2.45, 2.75) is 46.6 Å². The summed E-state index contributed by atoms with van der Waals surface area (Å²) in [6.07, 6.45) is 0.885. The number of hydrogen-bond acceptors (Lipinski definition) is 4. The summed E-state index contributed by atoms with van der Waals surface area (Å²) in [7, 11) is 0. The Kier molecular flexibility index (Phi) is 8.79. The van der Waals surface area contributed by atoms with Gasteiger partial charge in [-0.25, -0.2) is 0 Å². The summed E-state index contributed by atoms with van der Waals surface area (Å²) in [6, 6.07) is 7.44. The lowest BCUT2D eigenvalue weighted by molar-refractivity contribution is -0.137. The van der Waals surface area contributed by atoms with Crippen molar-refractivity contribution in [3.8, 4) is 5.75 Å². The van der Waals surface area contributed by atoms with E-state index in [1.54, 1.807) is 13.8 Å². The van der Waals surface area contributed by atoms with E-state index >= 15 is 0 Å². The molecule has 0 fully saturated rings. The maximum Gasteiger partial charge on any atom is 0.256 e. The van der Waals surface area contributed by atoms with E-state index in [-0.39, 0.29) is 5.91 Å².